The summed E-state index contributed by atoms with van der Waals surface area (Å²) in [4.78, 5) is 24.9. The fraction of sp³-hybridized carbons (Fsp3) is 0.0800. The Labute approximate surface area is 177 Å². The predicted molar refractivity (Wildman–Crippen MR) is 117 cm³/mol. The molecule has 0 amide bonds. The summed E-state index contributed by atoms with van der Waals surface area (Å²) in [5.41, 5.74) is 1.32. The van der Waals surface area contributed by atoms with Gasteiger partial charge in [-0.05, 0) is 29.3 Å². The molecule has 0 saturated heterocycles. The second-order valence-corrected chi connectivity index (χ2v) is 7.31. The zero-order valence-corrected chi connectivity index (χ0v) is 16.3. The standard InChI is InChI=1S/C25H17NO5/c27-25-22-21(17-11-5-2-6-12-17)23(26(28)29)20(15-16-9-3-1-4-10-16)30-24(22)18-13-7-8-14-19(18)31-25/h1-15,21,23H/b20-15-/t21-,23-/m1/s1. The Morgan fingerprint density at radius 3 is 2.23 bits per heavy atom. The summed E-state index contributed by atoms with van der Waals surface area (Å²) >= 11 is 0. The lowest BCUT2D eigenvalue weighted by Crippen LogP contribution is -2.39. The largest absolute Gasteiger partial charge is 0.453 e. The minimum absolute atomic E-state index is 0.164. The van der Waals surface area contributed by atoms with E-state index in [1.807, 2.05) is 42.5 Å². The Bertz CT molecular complexity index is 1360. The average molecular weight is 411 g/mol. The minimum Gasteiger partial charge on any atom is -0.453 e. The normalized spacial score (nSPS) is 19.0. The summed E-state index contributed by atoms with van der Waals surface area (Å²) in [5, 5.41) is 12.9. The summed E-state index contributed by atoms with van der Waals surface area (Å²) in [6.07, 6.45) is 1.66. The van der Waals surface area contributed by atoms with E-state index in [-0.39, 0.29) is 11.3 Å². The highest BCUT2D eigenvalue weighted by molar-refractivity contribution is 5.85. The van der Waals surface area contributed by atoms with Gasteiger partial charge in [0.2, 0.25) is 0 Å². The predicted octanol–water partition coefficient (Wildman–Crippen LogP) is 5.00. The molecule has 6 heteroatoms. The lowest BCUT2D eigenvalue weighted by atomic mass is 9.82. The van der Waals surface area contributed by atoms with E-state index in [0.717, 1.165) is 5.56 Å². The van der Waals surface area contributed by atoms with Gasteiger partial charge in [-0.2, -0.15) is 0 Å². The number of fused-ring (bicyclic) bond motifs is 3. The Morgan fingerprint density at radius 2 is 1.52 bits per heavy atom. The fourth-order valence-corrected chi connectivity index (χ4v) is 4.08. The van der Waals surface area contributed by atoms with Gasteiger partial charge in [0.1, 0.15) is 11.3 Å². The first kappa shape index (κ1) is 18.8. The molecule has 0 spiro atoms. The Balaban J connectivity index is 1.84. The Hall–Kier alpha value is -4.19. The molecule has 0 aliphatic carbocycles. The van der Waals surface area contributed by atoms with Crippen molar-refractivity contribution in [3.05, 3.63) is 128 Å². The van der Waals surface area contributed by atoms with Crippen molar-refractivity contribution in [2.45, 2.75) is 12.0 Å². The van der Waals surface area contributed by atoms with Crippen molar-refractivity contribution in [2.75, 3.05) is 0 Å². The summed E-state index contributed by atoms with van der Waals surface area (Å²) in [5.74, 6) is -0.370. The van der Waals surface area contributed by atoms with Gasteiger partial charge in [-0.25, -0.2) is 4.79 Å². The van der Waals surface area contributed by atoms with Crippen LogP contribution in [-0.2, 0) is 0 Å². The van der Waals surface area contributed by atoms with Crippen LogP contribution in [0.1, 0.15) is 22.6 Å². The first-order valence-corrected chi connectivity index (χ1v) is 9.82. The number of nitro groups is 1. The van der Waals surface area contributed by atoms with Crippen molar-refractivity contribution < 1.29 is 14.1 Å². The topological polar surface area (TPSA) is 82.6 Å². The van der Waals surface area contributed by atoms with Crippen molar-refractivity contribution in [2.24, 2.45) is 0 Å². The fourth-order valence-electron chi connectivity index (χ4n) is 4.08. The van der Waals surface area contributed by atoms with Crippen LogP contribution in [0.25, 0.3) is 17.0 Å². The first-order valence-electron chi connectivity index (χ1n) is 9.82. The van der Waals surface area contributed by atoms with Gasteiger partial charge in [0.15, 0.2) is 5.76 Å². The van der Waals surface area contributed by atoms with Crippen LogP contribution < -0.4 is 10.4 Å². The Morgan fingerprint density at radius 1 is 0.871 bits per heavy atom. The molecule has 0 bridgehead atoms. The monoisotopic (exact) mass is 411 g/mol. The van der Waals surface area contributed by atoms with Gasteiger partial charge in [0.25, 0.3) is 6.04 Å². The Kier molecular flexibility index (Phi) is 4.59. The van der Waals surface area contributed by atoms with E-state index in [0.29, 0.717) is 22.3 Å². The molecule has 6 nitrogen and oxygen atoms in total. The zero-order chi connectivity index (χ0) is 21.4. The van der Waals surface area contributed by atoms with Crippen LogP contribution in [0.15, 0.2) is 99.9 Å². The number of ether oxygens (including phenoxy) is 1. The lowest BCUT2D eigenvalue weighted by molar-refractivity contribution is -0.519. The van der Waals surface area contributed by atoms with E-state index < -0.39 is 22.5 Å². The highest BCUT2D eigenvalue weighted by atomic mass is 16.6. The number of para-hydroxylation sites is 1. The van der Waals surface area contributed by atoms with Crippen LogP contribution in [-0.4, -0.2) is 11.0 Å². The van der Waals surface area contributed by atoms with Crippen molar-refractivity contribution in [3.63, 3.8) is 0 Å². The smallest absolute Gasteiger partial charge is 0.344 e. The number of nitrogens with zero attached hydrogens (tertiary/aromatic N) is 1. The molecule has 2 atom stereocenters. The maximum absolute atomic E-state index is 13.0. The zero-order valence-electron chi connectivity index (χ0n) is 16.3. The number of hydrogen-bond donors (Lipinski definition) is 0. The molecule has 0 unspecified atom stereocenters. The van der Waals surface area contributed by atoms with Crippen molar-refractivity contribution in [1.29, 1.82) is 0 Å². The molecule has 31 heavy (non-hydrogen) atoms. The third-order valence-electron chi connectivity index (χ3n) is 5.43. The third-order valence-corrected chi connectivity index (χ3v) is 5.43. The number of benzene rings is 3. The van der Waals surface area contributed by atoms with Crippen molar-refractivity contribution in [3.8, 4) is 5.75 Å². The summed E-state index contributed by atoms with van der Waals surface area (Å²) in [6.45, 7) is 0. The number of rotatable bonds is 3. The molecule has 0 radical (unpaired) electrons. The van der Waals surface area contributed by atoms with Crippen LogP contribution in [0, 0.1) is 10.1 Å². The van der Waals surface area contributed by atoms with E-state index in [2.05, 4.69) is 0 Å². The first-order chi connectivity index (χ1) is 15.1. The van der Waals surface area contributed by atoms with Crippen molar-refractivity contribution >= 4 is 17.0 Å². The van der Waals surface area contributed by atoms with E-state index in [1.165, 1.54) is 0 Å². The molecule has 0 fully saturated rings. The molecule has 0 saturated carbocycles. The van der Waals surface area contributed by atoms with E-state index in [4.69, 9.17) is 9.15 Å². The van der Waals surface area contributed by atoms with Crippen LogP contribution in [0.5, 0.6) is 5.75 Å². The average Bonchev–Trinajstić information content (AvgIpc) is 2.79. The molecule has 2 heterocycles. The van der Waals surface area contributed by atoms with Crippen molar-refractivity contribution in [1.82, 2.24) is 0 Å². The van der Waals surface area contributed by atoms with Crippen LogP contribution in [0.4, 0.5) is 0 Å². The van der Waals surface area contributed by atoms with Crippen LogP contribution in [0.3, 0.4) is 0 Å². The number of hydrogen-bond acceptors (Lipinski definition) is 5. The summed E-state index contributed by atoms with van der Waals surface area (Å²) in [7, 11) is 0. The second-order valence-electron chi connectivity index (χ2n) is 7.31. The molecule has 1 aliphatic rings. The van der Waals surface area contributed by atoms with Crippen LogP contribution in [0.2, 0.25) is 0 Å². The van der Waals surface area contributed by atoms with Gasteiger partial charge in [-0.3, -0.25) is 10.1 Å². The molecule has 5 rings (SSSR count). The SMILES string of the molecule is O=c1oc2ccccc2c2c1[C@@H](c1ccccc1)[C@H]([N+](=O)[O-])/C(=C/c1ccccc1)O2. The summed E-state index contributed by atoms with van der Waals surface area (Å²) < 4.78 is 11.6. The van der Waals surface area contributed by atoms with Gasteiger partial charge < -0.3 is 9.15 Å². The third kappa shape index (κ3) is 3.28. The van der Waals surface area contributed by atoms with E-state index in [9.17, 15) is 14.9 Å². The summed E-state index contributed by atoms with van der Waals surface area (Å²) in [6, 6.07) is 24.0. The van der Waals surface area contributed by atoms with Crippen LogP contribution >= 0.6 is 0 Å². The maximum atomic E-state index is 13.0. The molecule has 4 aromatic rings. The highest BCUT2D eigenvalue weighted by Crippen LogP contribution is 2.45. The molecule has 1 aliphatic heterocycles. The molecule has 1 aromatic heterocycles. The molecule has 0 N–H and O–H groups in total. The van der Waals surface area contributed by atoms with Gasteiger partial charge in [0, 0.05) is 4.92 Å². The molecular weight excluding hydrogens is 394 g/mol. The van der Waals surface area contributed by atoms with E-state index >= 15 is 0 Å². The quantitative estimate of drug-likeness (QED) is 0.269. The molecule has 152 valence electrons. The van der Waals surface area contributed by atoms with Gasteiger partial charge in [-0.1, -0.05) is 72.8 Å². The molecular formula is C25H17NO5. The van der Waals surface area contributed by atoms with Gasteiger partial charge >= 0.3 is 5.63 Å². The second kappa shape index (κ2) is 7.57. The highest BCUT2D eigenvalue weighted by Gasteiger charge is 2.47. The molecule has 3 aromatic carbocycles. The lowest BCUT2D eigenvalue weighted by Gasteiger charge is -2.30. The van der Waals surface area contributed by atoms with E-state index in [1.54, 1.807) is 48.5 Å². The van der Waals surface area contributed by atoms with Gasteiger partial charge in [0.05, 0.1) is 16.9 Å². The maximum Gasteiger partial charge on any atom is 0.344 e. The minimum atomic E-state index is -1.28. The van der Waals surface area contributed by atoms with Gasteiger partial charge in [-0.15, -0.1) is 0 Å².